The molecule has 1 amide bonds. The predicted molar refractivity (Wildman–Crippen MR) is 154 cm³/mol. The van der Waals surface area contributed by atoms with E-state index in [-0.39, 0.29) is 13.0 Å². The minimum Gasteiger partial charge on any atom is -0.466 e. The molecule has 11 nitrogen and oxygen atoms in total. The van der Waals surface area contributed by atoms with E-state index in [0.717, 1.165) is 30.7 Å². The van der Waals surface area contributed by atoms with Gasteiger partial charge < -0.3 is 24.8 Å². The first-order valence-electron chi connectivity index (χ1n) is 15.3. The Morgan fingerprint density at radius 1 is 0.634 bits per heavy atom. The fraction of sp³-hybridized carbons (Fsp3) is 0.833. The Labute approximate surface area is 246 Å². The zero-order chi connectivity index (χ0) is 30.9. The number of hydrogen-bond donors (Lipinski definition) is 1. The van der Waals surface area contributed by atoms with Crippen LogP contribution >= 0.6 is 0 Å². The molecular weight excluding hydrogens is 532 g/mol. The first-order valence-corrected chi connectivity index (χ1v) is 15.3. The van der Waals surface area contributed by atoms with Crippen LogP contribution in [0.15, 0.2) is 0 Å². The molecule has 0 bridgehead atoms. The Kier molecular flexibility index (Phi) is 22.4. The third-order valence-electron chi connectivity index (χ3n) is 6.47. The lowest BCUT2D eigenvalue weighted by molar-refractivity contribution is -0.197. The maximum absolute atomic E-state index is 12.8. The van der Waals surface area contributed by atoms with Crippen molar-refractivity contribution in [2.24, 2.45) is 5.73 Å². The number of esters is 3. The van der Waals surface area contributed by atoms with E-state index in [0.29, 0.717) is 12.8 Å². The van der Waals surface area contributed by atoms with E-state index in [1.165, 1.54) is 78.3 Å². The van der Waals surface area contributed by atoms with Crippen molar-refractivity contribution >= 4 is 30.0 Å². The number of unbranched alkanes of at least 4 members (excludes halogenated alkanes) is 14. The molecule has 0 saturated carbocycles. The molecule has 1 unspecified atom stereocenters. The highest BCUT2D eigenvalue weighted by molar-refractivity contribution is 5.96. The van der Waals surface area contributed by atoms with E-state index in [1.807, 2.05) is 0 Å². The second kappa shape index (κ2) is 24.0. The van der Waals surface area contributed by atoms with E-state index in [9.17, 15) is 24.0 Å². The normalized spacial score (nSPS) is 12.4. The first-order chi connectivity index (χ1) is 19.6. The first kappa shape index (κ1) is 38.3. The van der Waals surface area contributed by atoms with Gasteiger partial charge in [0, 0.05) is 20.5 Å². The molecule has 0 rings (SSSR count). The van der Waals surface area contributed by atoms with Gasteiger partial charge in [0.2, 0.25) is 5.60 Å². The lowest BCUT2D eigenvalue weighted by atomic mass is 9.94. The van der Waals surface area contributed by atoms with Crippen LogP contribution in [0.1, 0.15) is 136 Å². The van der Waals surface area contributed by atoms with Crippen molar-refractivity contribution in [3.8, 4) is 0 Å². The number of carbonyl (C=O) groups is 5. The van der Waals surface area contributed by atoms with Crippen LogP contribution in [0.3, 0.4) is 0 Å². The van der Waals surface area contributed by atoms with Crippen molar-refractivity contribution in [1.82, 2.24) is 5.06 Å². The highest BCUT2D eigenvalue weighted by atomic mass is 16.7. The summed E-state index contributed by atoms with van der Waals surface area (Å²) in [4.78, 5) is 66.6. The number of nitrogens with zero attached hydrogens (tertiary/aromatic N) is 1. The van der Waals surface area contributed by atoms with Gasteiger partial charge in [-0.3, -0.25) is 14.4 Å². The number of rotatable bonds is 25. The molecular formula is C30H54N2O9. The Hall–Kier alpha value is -2.69. The lowest BCUT2D eigenvalue weighted by Crippen LogP contribution is -2.50. The molecule has 0 radical (unpaired) electrons. The molecule has 0 saturated heterocycles. The van der Waals surface area contributed by atoms with Gasteiger partial charge in [0.05, 0.1) is 19.4 Å². The molecule has 0 aliphatic heterocycles. The van der Waals surface area contributed by atoms with Crippen LogP contribution < -0.4 is 5.73 Å². The monoisotopic (exact) mass is 586 g/mol. The number of nitrogens with two attached hydrogens (primary N) is 1. The fourth-order valence-corrected chi connectivity index (χ4v) is 4.38. The summed E-state index contributed by atoms with van der Waals surface area (Å²) >= 11 is 0. The minimum atomic E-state index is -2.46. The molecule has 0 aliphatic rings. The van der Waals surface area contributed by atoms with Crippen LogP contribution in [0.4, 0.5) is 4.79 Å². The van der Waals surface area contributed by atoms with E-state index in [4.69, 9.17) is 20.0 Å². The fourth-order valence-electron chi connectivity index (χ4n) is 4.38. The zero-order valence-electron chi connectivity index (χ0n) is 25.8. The molecule has 0 fully saturated rings. The van der Waals surface area contributed by atoms with E-state index >= 15 is 0 Å². The topological polar surface area (TPSA) is 152 Å². The summed E-state index contributed by atoms with van der Waals surface area (Å²) in [7, 11) is 2.86. The average molecular weight is 587 g/mol. The second-order valence-corrected chi connectivity index (χ2v) is 10.7. The minimum absolute atomic E-state index is 0.0450. The number of hydroxylamine groups is 2. The second-order valence-electron chi connectivity index (χ2n) is 10.7. The van der Waals surface area contributed by atoms with Crippen LogP contribution in [-0.4, -0.2) is 61.3 Å². The van der Waals surface area contributed by atoms with E-state index < -0.39 is 48.4 Å². The van der Waals surface area contributed by atoms with Gasteiger partial charge in [-0.15, -0.1) is 5.06 Å². The quantitative estimate of drug-likeness (QED) is 0.0449. The molecule has 0 spiro atoms. The van der Waals surface area contributed by atoms with Crippen LogP contribution in [0, 0.1) is 0 Å². The predicted octanol–water partition coefficient (Wildman–Crippen LogP) is 5.91. The van der Waals surface area contributed by atoms with Crippen molar-refractivity contribution in [2.75, 3.05) is 20.7 Å². The van der Waals surface area contributed by atoms with Gasteiger partial charge in [0.25, 0.3) is 0 Å². The molecule has 11 heteroatoms. The highest BCUT2D eigenvalue weighted by Crippen LogP contribution is 2.27. The third-order valence-corrected chi connectivity index (χ3v) is 6.47. The molecule has 0 aromatic carbocycles. The maximum atomic E-state index is 12.8. The average Bonchev–Trinajstić information content (AvgIpc) is 2.88. The molecule has 238 valence electrons. The highest BCUT2D eigenvalue weighted by Gasteiger charge is 2.50. The molecule has 2 N–H and O–H groups in total. The molecule has 1 atom stereocenters. The van der Waals surface area contributed by atoms with E-state index in [2.05, 4.69) is 11.7 Å². The Morgan fingerprint density at radius 2 is 1.10 bits per heavy atom. The van der Waals surface area contributed by atoms with Crippen LogP contribution in [0.25, 0.3) is 0 Å². The smallest absolute Gasteiger partial charge is 0.412 e. The van der Waals surface area contributed by atoms with Crippen molar-refractivity contribution in [3.05, 3.63) is 0 Å². The van der Waals surface area contributed by atoms with Gasteiger partial charge in [-0.1, -0.05) is 104 Å². The number of primary amides is 1. The zero-order valence-corrected chi connectivity index (χ0v) is 25.8. The Bertz CT molecular complexity index is 773. The molecule has 0 aromatic heterocycles. The summed E-state index contributed by atoms with van der Waals surface area (Å²) in [6.45, 7) is 4.06. The largest absolute Gasteiger partial charge is 0.466 e. The van der Waals surface area contributed by atoms with Gasteiger partial charge in [-0.2, -0.15) is 0 Å². The Balaban J connectivity index is 4.72. The molecule has 41 heavy (non-hydrogen) atoms. The van der Waals surface area contributed by atoms with Gasteiger partial charge >= 0.3 is 30.0 Å². The van der Waals surface area contributed by atoms with Crippen molar-refractivity contribution < 1.29 is 43.0 Å². The maximum Gasteiger partial charge on any atom is 0.412 e. The van der Waals surface area contributed by atoms with Gasteiger partial charge in [-0.05, 0) is 12.8 Å². The summed E-state index contributed by atoms with van der Waals surface area (Å²) in [5.74, 6) is -4.16. The molecule has 0 aliphatic carbocycles. The van der Waals surface area contributed by atoms with Crippen LogP contribution in [0.2, 0.25) is 0 Å². The number of amides is 1. The van der Waals surface area contributed by atoms with Crippen molar-refractivity contribution in [1.29, 1.82) is 0 Å². The van der Waals surface area contributed by atoms with Gasteiger partial charge in [0.15, 0.2) is 0 Å². The lowest BCUT2D eigenvalue weighted by Gasteiger charge is -2.29. The molecule has 0 heterocycles. The molecule has 0 aromatic rings. The van der Waals surface area contributed by atoms with Gasteiger partial charge in [-0.25, -0.2) is 9.59 Å². The summed E-state index contributed by atoms with van der Waals surface area (Å²) in [6.07, 6.45) is 14.8. The summed E-state index contributed by atoms with van der Waals surface area (Å²) < 4.78 is 14.9. The van der Waals surface area contributed by atoms with Crippen LogP contribution in [0.5, 0.6) is 0 Å². The summed E-state index contributed by atoms with van der Waals surface area (Å²) in [5, 5.41) is 1.07. The van der Waals surface area contributed by atoms with Gasteiger partial charge in [0.1, 0.15) is 0 Å². The number of hydrogen-bond acceptors (Lipinski definition) is 10. The van der Waals surface area contributed by atoms with Crippen molar-refractivity contribution in [2.45, 2.75) is 141 Å². The van der Waals surface area contributed by atoms with Crippen molar-refractivity contribution in [3.63, 3.8) is 0 Å². The summed E-state index contributed by atoms with van der Waals surface area (Å²) in [5.41, 5.74) is 2.52. The van der Waals surface area contributed by atoms with E-state index in [1.54, 1.807) is 6.92 Å². The Morgan fingerprint density at radius 3 is 1.54 bits per heavy atom. The number of carbonyl (C=O) groups excluding carboxylic acids is 5. The number of ether oxygens (including phenoxy) is 3. The van der Waals surface area contributed by atoms with Crippen LogP contribution in [-0.2, 0) is 38.2 Å². The summed E-state index contributed by atoms with van der Waals surface area (Å²) in [6, 6.07) is 0. The SMILES string of the molecule is CCCCCCCCCCCCCCCCCC(=O)OC(CC(=O)OCCC)(CC(=O)ON(C)C)C(=O)OC(N)=O. The standard InChI is InChI=1S/C30H54N2O9/c1-5-7-8-9-10-11-12-13-14-15-16-17-18-19-20-21-25(33)40-30(28(36)39-29(31)37,23-26(34)38-22-6-2)24-27(35)41-32(3)4/h5-24H2,1-4H3,(H2,31,37). The third kappa shape index (κ3) is 20.8.